The van der Waals surface area contributed by atoms with E-state index in [0.717, 1.165) is 16.5 Å². The van der Waals surface area contributed by atoms with Crippen molar-refractivity contribution in [2.24, 2.45) is 0 Å². The number of H-pyrrole nitrogens is 1. The third-order valence-electron chi connectivity index (χ3n) is 2.32. The van der Waals surface area contributed by atoms with Crippen LogP contribution in [0.5, 0.6) is 0 Å². The molecule has 0 aliphatic carbocycles. The smallest absolute Gasteiger partial charge is 0.336 e. The summed E-state index contributed by atoms with van der Waals surface area (Å²) >= 11 is 0. The Kier molecular flexibility index (Phi) is 2.43. The van der Waals surface area contributed by atoms with Gasteiger partial charge in [0.25, 0.3) is 0 Å². The van der Waals surface area contributed by atoms with Crippen molar-refractivity contribution in [3.8, 4) is 0 Å². The second-order valence-corrected chi connectivity index (χ2v) is 3.28. The van der Waals surface area contributed by atoms with Gasteiger partial charge in [-0.2, -0.15) is 0 Å². The lowest BCUT2D eigenvalue weighted by atomic mass is 10.1. The van der Waals surface area contributed by atoms with E-state index in [9.17, 15) is 4.79 Å². The number of aromatic nitrogens is 1. The largest absolute Gasteiger partial charge is 0.478 e. The Morgan fingerprint density at radius 2 is 2.33 bits per heavy atom. The molecule has 0 atom stereocenters. The Bertz CT molecular complexity index is 502. The molecule has 78 valence electrons. The molecule has 0 aliphatic rings. The lowest BCUT2D eigenvalue weighted by Gasteiger charge is -2.00. The number of benzene rings is 1. The Labute approximate surface area is 86.5 Å². The van der Waals surface area contributed by atoms with Crippen molar-refractivity contribution in [2.75, 3.05) is 7.11 Å². The number of rotatable bonds is 3. The van der Waals surface area contributed by atoms with Gasteiger partial charge in [0.05, 0.1) is 12.2 Å². The number of hydrogen-bond donors (Lipinski definition) is 2. The molecule has 0 saturated heterocycles. The zero-order valence-corrected chi connectivity index (χ0v) is 8.28. The monoisotopic (exact) mass is 205 g/mol. The number of hydrogen-bond acceptors (Lipinski definition) is 2. The number of carboxylic acid groups (broad SMARTS) is 1. The van der Waals surface area contributed by atoms with E-state index in [1.165, 1.54) is 0 Å². The number of carboxylic acids is 1. The van der Waals surface area contributed by atoms with Crippen LogP contribution >= 0.6 is 0 Å². The number of ether oxygens (including phenoxy) is 1. The Morgan fingerprint density at radius 1 is 1.53 bits per heavy atom. The van der Waals surface area contributed by atoms with Crippen LogP contribution in [0.1, 0.15) is 15.9 Å². The molecule has 1 aromatic carbocycles. The van der Waals surface area contributed by atoms with E-state index in [1.54, 1.807) is 25.4 Å². The highest BCUT2D eigenvalue weighted by molar-refractivity contribution is 6.04. The zero-order chi connectivity index (χ0) is 10.8. The normalized spacial score (nSPS) is 10.7. The topological polar surface area (TPSA) is 62.3 Å². The minimum absolute atomic E-state index is 0.306. The quantitative estimate of drug-likeness (QED) is 0.805. The van der Waals surface area contributed by atoms with Gasteiger partial charge in [0.15, 0.2) is 0 Å². The maximum atomic E-state index is 11.0. The molecule has 1 aromatic heterocycles. The molecule has 2 aromatic rings. The standard InChI is InChI=1S/C11H11NO3/c1-15-6-7-5-12-9-4-2-3-8(10(7)9)11(13)14/h2-5,12H,6H2,1H3,(H,13,14). The lowest BCUT2D eigenvalue weighted by Crippen LogP contribution is -1.98. The summed E-state index contributed by atoms with van der Waals surface area (Å²) in [4.78, 5) is 14.0. The summed E-state index contributed by atoms with van der Waals surface area (Å²) < 4.78 is 5.02. The second kappa shape index (κ2) is 3.74. The molecule has 2 rings (SSSR count). The molecule has 0 unspecified atom stereocenters. The van der Waals surface area contributed by atoms with Crippen molar-refractivity contribution in [1.82, 2.24) is 4.98 Å². The van der Waals surface area contributed by atoms with Gasteiger partial charge in [-0.3, -0.25) is 0 Å². The maximum absolute atomic E-state index is 11.0. The molecule has 0 radical (unpaired) electrons. The molecule has 1 heterocycles. The van der Waals surface area contributed by atoms with E-state index >= 15 is 0 Å². The maximum Gasteiger partial charge on any atom is 0.336 e. The van der Waals surface area contributed by atoms with Gasteiger partial charge in [0, 0.05) is 29.8 Å². The fourth-order valence-electron chi connectivity index (χ4n) is 1.70. The van der Waals surface area contributed by atoms with Crippen molar-refractivity contribution in [1.29, 1.82) is 0 Å². The van der Waals surface area contributed by atoms with Gasteiger partial charge in [-0.05, 0) is 12.1 Å². The summed E-state index contributed by atoms with van der Waals surface area (Å²) in [5, 5.41) is 9.77. The van der Waals surface area contributed by atoms with Gasteiger partial charge < -0.3 is 14.8 Å². The summed E-state index contributed by atoms with van der Waals surface area (Å²) in [6, 6.07) is 5.16. The van der Waals surface area contributed by atoms with E-state index in [4.69, 9.17) is 9.84 Å². The Balaban J connectivity index is 2.69. The van der Waals surface area contributed by atoms with Crippen LogP contribution in [0.25, 0.3) is 10.9 Å². The lowest BCUT2D eigenvalue weighted by molar-refractivity contribution is 0.0699. The highest BCUT2D eigenvalue weighted by Gasteiger charge is 2.12. The minimum Gasteiger partial charge on any atom is -0.478 e. The zero-order valence-electron chi connectivity index (χ0n) is 8.28. The van der Waals surface area contributed by atoms with Crippen molar-refractivity contribution in [3.05, 3.63) is 35.5 Å². The van der Waals surface area contributed by atoms with E-state index in [2.05, 4.69) is 4.98 Å². The molecule has 4 heteroatoms. The Hall–Kier alpha value is -1.81. The second-order valence-electron chi connectivity index (χ2n) is 3.28. The highest BCUT2D eigenvalue weighted by Crippen LogP contribution is 2.23. The molecule has 15 heavy (non-hydrogen) atoms. The summed E-state index contributed by atoms with van der Waals surface area (Å²) in [5.74, 6) is -0.919. The number of aromatic carboxylic acids is 1. The van der Waals surface area contributed by atoms with Gasteiger partial charge in [0.2, 0.25) is 0 Å². The third-order valence-corrected chi connectivity index (χ3v) is 2.32. The molecule has 4 nitrogen and oxygen atoms in total. The number of aromatic amines is 1. The van der Waals surface area contributed by atoms with Crippen molar-refractivity contribution in [2.45, 2.75) is 6.61 Å². The van der Waals surface area contributed by atoms with Crippen LogP contribution in [0.2, 0.25) is 0 Å². The Morgan fingerprint density at radius 3 is 3.00 bits per heavy atom. The molecule has 0 saturated carbocycles. The van der Waals surface area contributed by atoms with Crippen molar-refractivity contribution < 1.29 is 14.6 Å². The SMILES string of the molecule is COCc1c[nH]c2cccc(C(=O)O)c12. The molecular weight excluding hydrogens is 194 g/mol. The highest BCUT2D eigenvalue weighted by atomic mass is 16.5. The van der Waals surface area contributed by atoms with Crippen LogP contribution in [0, 0.1) is 0 Å². The van der Waals surface area contributed by atoms with E-state index in [-0.39, 0.29) is 0 Å². The van der Waals surface area contributed by atoms with E-state index in [1.807, 2.05) is 6.07 Å². The van der Waals surface area contributed by atoms with Crippen LogP contribution in [0.15, 0.2) is 24.4 Å². The molecule has 0 amide bonds. The van der Waals surface area contributed by atoms with Crippen LogP contribution in [-0.2, 0) is 11.3 Å². The van der Waals surface area contributed by atoms with E-state index < -0.39 is 5.97 Å². The van der Waals surface area contributed by atoms with Crippen LogP contribution in [0.3, 0.4) is 0 Å². The van der Waals surface area contributed by atoms with Gasteiger partial charge in [-0.1, -0.05) is 6.07 Å². The number of carbonyl (C=O) groups is 1. The predicted molar refractivity (Wildman–Crippen MR) is 56.0 cm³/mol. The predicted octanol–water partition coefficient (Wildman–Crippen LogP) is 2.01. The molecule has 2 N–H and O–H groups in total. The molecule has 0 aliphatic heterocycles. The first-order valence-electron chi connectivity index (χ1n) is 4.55. The van der Waals surface area contributed by atoms with Crippen LogP contribution in [0.4, 0.5) is 0 Å². The van der Waals surface area contributed by atoms with Crippen LogP contribution < -0.4 is 0 Å². The fourth-order valence-corrected chi connectivity index (χ4v) is 1.70. The van der Waals surface area contributed by atoms with E-state index in [0.29, 0.717) is 12.2 Å². The number of fused-ring (bicyclic) bond motifs is 1. The summed E-state index contributed by atoms with van der Waals surface area (Å²) in [6.45, 7) is 0.407. The summed E-state index contributed by atoms with van der Waals surface area (Å²) in [5.41, 5.74) is 1.99. The van der Waals surface area contributed by atoms with Gasteiger partial charge >= 0.3 is 5.97 Å². The molecule has 0 spiro atoms. The molecule has 0 fully saturated rings. The first-order chi connectivity index (χ1) is 7.24. The average Bonchev–Trinajstić information content (AvgIpc) is 2.62. The number of nitrogens with one attached hydrogen (secondary N) is 1. The first kappa shape index (κ1) is 9.73. The molecular formula is C11H11NO3. The first-order valence-corrected chi connectivity index (χ1v) is 4.55. The van der Waals surface area contributed by atoms with Gasteiger partial charge in [-0.25, -0.2) is 4.79 Å². The van der Waals surface area contributed by atoms with Gasteiger partial charge in [0.1, 0.15) is 0 Å². The molecule has 0 bridgehead atoms. The van der Waals surface area contributed by atoms with Gasteiger partial charge in [-0.15, -0.1) is 0 Å². The average molecular weight is 205 g/mol. The summed E-state index contributed by atoms with van der Waals surface area (Å²) in [6.07, 6.45) is 1.78. The number of methoxy groups -OCH3 is 1. The summed E-state index contributed by atoms with van der Waals surface area (Å²) in [7, 11) is 1.59. The van der Waals surface area contributed by atoms with Crippen molar-refractivity contribution in [3.63, 3.8) is 0 Å². The minimum atomic E-state index is -0.919. The third kappa shape index (κ3) is 1.59. The fraction of sp³-hybridized carbons (Fsp3) is 0.182. The van der Waals surface area contributed by atoms with Crippen LogP contribution in [-0.4, -0.2) is 23.2 Å². The van der Waals surface area contributed by atoms with Crippen molar-refractivity contribution >= 4 is 16.9 Å².